The van der Waals surface area contributed by atoms with Crippen molar-refractivity contribution in [2.24, 2.45) is 12.5 Å². The first kappa shape index (κ1) is 19.0. The first-order chi connectivity index (χ1) is 12.7. The molecule has 0 fully saturated rings. The van der Waals surface area contributed by atoms with Gasteiger partial charge in [-0.05, 0) is 30.4 Å². The lowest BCUT2D eigenvalue weighted by molar-refractivity contribution is -0.142. The predicted octanol–water partition coefficient (Wildman–Crippen LogP) is 3.52. The van der Waals surface area contributed by atoms with Gasteiger partial charge in [0.15, 0.2) is 5.78 Å². The molecular formula is C21H25N3O3. The van der Waals surface area contributed by atoms with Crippen LogP contribution in [0.25, 0.3) is 16.8 Å². The lowest BCUT2D eigenvalue weighted by atomic mass is 9.70. The minimum Gasteiger partial charge on any atom is -0.466 e. The van der Waals surface area contributed by atoms with Gasteiger partial charge in [-0.25, -0.2) is 4.98 Å². The highest BCUT2D eigenvalue weighted by Gasteiger charge is 2.39. The van der Waals surface area contributed by atoms with Crippen LogP contribution in [0.2, 0.25) is 0 Å². The normalized spacial score (nSPS) is 15.6. The molecule has 0 saturated heterocycles. The number of allylic oxidation sites excluding steroid dienone is 1. The molecular weight excluding hydrogens is 342 g/mol. The largest absolute Gasteiger partial charge is 0.466 e. The van der Waals surface area contributed by atoms with Gasteiger partial charge in [0, 0.05) is 24.7 Å². The second kappa shape index (κ2) is 6.76. The minimum absolute atomic E-state index is 0.0104. The van der Waals surface area contributed by atoms with Gasteiger partial charge in [-0.15, -0.1) is 0 Å². The van der Waals surface area contributed by atoms with Crippen LogP contribution >= 0.6 is 0 Å². The summed E-state index contributed by atoms with van der Waals surface area (Å²) in [6, 6.07) is 0. The Balaban J connectivity index is 2.33. The van der Waals surface area contributed by atoms with Gasteiger partial charge in [-0.2, -0.15) is 0 Å². The molecule has 2 aromatic heterocycles. The Morgan fingerprint density at radius 1 is 1.37 bits per heavy atom. The van der Waals surface area contributed by atoms with E-state index in [4.69, 9.17) is 9.72 Å². The maximum Gasteiger partial charge on any atom is 0.310 e. The van der Waals surface area contributed by atoms with Crippen LogP contribution in [0.3, 0.4) is 0 Å². The predicted molar refractivity (Wildman–Crippen MR) is 103 cm³/mol. The van der Waals surface area contributed by atoms with Crippen LogP contribution in [0.1, 0.15) is 54.5 Å². The number of carbonyl (C=O) groups is 2. The summed E-state index contributed by atoms with van der Waals surface area (Å²) >= 11 is 0. The number of fused-ring (bicyclic) bond motifs is 1. The van der Waals surface area contributed by atoms with Crippen molar-refractivity contribution in [3.8, 4) is 11.3 Å². The standard InChI is InChI=1S/C21H25N3O3/c1-7-27-17(26)8-14-13(3)23-20-12(2)21(4,5)9-16(25)19(20)18(14)15-10-22-11-24(15)6/h10-11H,2,7-9H2,1,3-6H3. The average molecular weight is 367 g/mol. The van der Waals surface area contributed by atoms with Gasteiger partial charge < -0.3 is 9.30 Å². The van der Waals surface area contributed by atoms with Crippen LogP contribution in [0.4, 0.5) is 0 Å². The van der Waals surface area contributed by atoms with Crippen LogP contribution in [-0.4, -0.2) is 32.9 Å². The molecule has 2 heterocycles. The SMILES string of the molecule is C=C1c2nc(C)c(CC(=O)OCC)c(-c3cncn3C)c2C(=O)CC1(C)C. The van der Waals surface area contributed by atoms with Crippen molar-refractivity contribution >= 4 is 17.3 Å². The van der Waals surface area contributed by atoms with E-state index in [0.29, 0.717) is 41.1 Å². The van der Waals surface area contributed by atoms with Crippen LogP contribution in [-0.2, 0) is 23.0 Å². The Kier molecular flexibility index (Phi) is 4.76. The zero-order valence-electron chi connectivity index (χ0n) is 16.5. The number of ketones is 1. The lowest BCUT2D eigenvalue weighted by Gasteiger charge is -2.34. The van der Waals surface area contributed by atoms with Gasteiger partial charge in [-0.1, -0.05) is 20.4 Å². The number of aromatic nitrogens is 3. The summed E-state index contributed by atoms with van der Waals surface area (Å²) in [5.41, 5.74) is 4.54. The van der Waals surface area contributed by atoms with E-state index >= 15 is 0 Å². The number of carbonyl (C=O) groups excluding carboxylic acids is 2. The number of hydrogen-bond acceptors (Lipinski definition) is 5. The van der Waals surface area contributed by atoms with E-state index in [9.17, 15) is 9.59 Å². The van der Waals surface area contributed by atoms with Crippen molar-refractivity contribution in [3.05, 3.63) is 41.6 Å². The van der Waals surface area contributed by atoms with Gasteiger partial charge in [-0.3, -0.25) is 14.6 Å². The molecule has 0 aliphatic heterocycles. The third-order valence-corrected chi connectivity index (χ3v) is 5.19. The number of ether oxygens (including phenoxy) is 1. The van der Waals surface area contributed by atoms with Crippen LogP contribution in [0.5, 0.6) is 0 Å². The van der Waals surface area contributed by atoms with Crippen molar-refractivity contribution < 1.29 is 14.3 Å². The van der Waals surface area contributed by atoms with E-state index in [2.05, 4.69) is 11.6 Å². The van der Waals surface area contributed by atoms with Crippen molar-refractivity contribution in [2.75, 3.05) is 6.61 Å². The monoisotopic (exact) mass is 367 g/mol. The number of aryl methyl sites for hydroxylation is 2. The third kappa shape index (κ3) is 3.20. The third-order valence-electron chi connectivity index (χ3n) is 5.19. The molecule has 6 heteroatoms. The summed E-state index contributed by atoms with van der Waals surface area (Å²) in [5.74, 6) is -0.329. The van der Waals surface area contributed by atoms with Crippen LogP contribution in [0.15, 0.2) is 19.1 Å². The molecule has 0 aromatic carbocycles. The molecule has 142 valence electrons. The van der Waals surface area contributed by atoms with E-state index in [0.717, 1.165) is 11.3 Å². The van der Waals surface area contributed by atoms with Crippen LogP contribution in [0, 0.1) is 12.3 Å². The summed E-state index contributed by atoms with van der Waals surface area (Å²) in [6.07, 6.45) is 3.80. The van der Waals surface area contributed by atoms with Gasteiger partial charge >= 0.3 is 5.97 Å². The number of nitrogens with zero attached hydrogens (tertiary/aromatic N) is 3. The Hall–Kier alpha value is -2.76. The topological polar surface area (TPSA) is 74.1 Å². The summed E-state index contributed by atoms with van der Waals surface area (Å²) in [4.78, 5) is 34.2. The summed E-state index contributed by atoms with van der Waals surface area (Å²) in [7, 11) is 1.87. The van der Waals surface area contributed by atoms with E-state index in [1.807, 2.05) is 32.4 Å². The molecule has 0 amide bonds. The molecule has 3 rings (SSSR count). The fraction of sp³-hybridized carbons (Fsp3) is 0.429. The van der Waals surface area contributed by atoms with Crippen molar-refractivity contribution in [2.45, 2.75) is 40.5 Å². The number of hydrogen-bond donors (Lipinski definition) is 0. The second-order valence-corrected chi connectivity index (χ2v) is 7.61. The highest BCUT2D eigenvalue weighted by atomic mass is 16.5. The van der Waals surface area contributed by atoms with Crippen molar-refractivity contribution in [3.63, 3.8) is 0 Å². The zero-order chi connectivity index (χ0) is 19.9. The maximum absolute atomic E-state index is 13.1. The van der Waals surface area contributed by atoms with Crippen molar-refractivity contribution in [1.82, 2.24) is 14.5 Å². The summed E-state index contributed by atoms with van der Waals surface area (Å²) < 4.78 is 6.98. The Labute approximate surface area is 159 Å². The van der Waals surface area contributed by atoms with E-state index in [-0.39, 0.29) is 23.6 Å². The highest BCUT2D eigenvalue weighted by Crippen LogP contribution is 2.46. The van der Waals surface area contributed by atoms with Gasteiger partial charge in [0.1, 0.15) is 0 Å². The van der Waals surface area contributed by atoms with Gasteiger partial charge in [0.2, 0.25) is 0 Å². The molecule has 1 aliphatic carbocycles. The molecule has 0 atom stereocenters. The van der Waals surface area contributed by atoms with E-state index < -0.39 is 0 Å². The van der Waals surface area contributed by atoms with E-state index in [1.165, 1.54) is 0 Å². The fourth-order valence-corrected chi connectivity index (χ4v) is 3.60. The van der Waals surface area contributed by atoms with Crippen molar-refractivity contribution in [1.29, 1.82) is 0 Å². The minimum atomic E-state index is -0.351. The molecule has 0 spiro atoms. The Bertz CT molecular complexity index is 954. The molecule has 0 bridgehead atoms. The fourth-order valence-electron chi connectivity index (χ4n) is 3.60. The zero-order valence-corrected chi connectivity index (χ0v) is 16.5. The number of imidazole rings is 1. The summed E-state index contributed by atoms with van der Waals surface area (Å²) in [6.45, 7) is 12.2. The van der Waals surface area contributed by atoms with Gasteiger partial charge in [0.25, 0.3) is 0 Å². The second-order valence-electron chi connectivity index (χ2n) is 7.61. The molecule has 6 nitrogen and oxygen atoms in total. The average Bonchev–Trinajstić information content (AvgIpc) is 2.99. The number of Topliss-reactive ketones (excluding diaryl/α,β-unsaturated/α-hetero) is 1. The lowest BCUT2D eigenvalue weighted by Crippen LogP contribution is -2.28. The molecule has 0 unspecified atom stereocenters. The highest BCUT2D eigenvalue weighted by molar-refractivity contribution is 6.10. The quantitative estimate of drug-likeness (QED) is 0.773. The Morgan fingerprint density at radius 3 is 2.67 bits per heavy atom. The maximum atomic E-state index is 13.1. The molecule has 1 aliphatic rings. The molecule has 2 aromatic rings. The number of esters is 1. The Morgan fingerprint density at radius 2 is 2.07 bits per heavy atom. The first-order valence-electron chi connectivity index (χ1n) is 9.06. The smallest absolute Gasteiger partial charge is 0.310 e. The molecule has 0 radical (unpaired) electrons. The van der Waals surface area contributed by atoms with Crippen LogP contribution < -0.4 is 0 Å². The van der Waals surface area contributed by atoms with E-state index in [1.54, 1.807) is 19.4 Å². The molecule has 27 heavy (non-hydrogen) atoms. The van der Waals surface area contributed by atoms with Gasteiger partial charge in [0.05, 0.1) is 42.5 Å². The molecule has 0 N–H and O–H groups in total. The molecule has 0 saturated carbocycles. The number of pyridine rings is 1. The first-order valence-corrected chi connectivity index (χ1v) is 9.06. The number of rotatable bonds is 4. The summed E-state index contributed by atoms with van der Waals surface area (Å²) in [5, 5.41) is 0.